The maximum absolute atomic E-state index is 3.48. The summed E-state index contributed by atoms with van der Waals surface area (Å²) < 4.78 is 0. The van der Waals surface area contributed by atoms with Crippen LogP contribution >= 0.6 is 0 Å². The maximum Gasteiger partial charge on any atom is 0.0107 e. The molecule has 10 heavy (non-hydrogen) atoms. The Bertz CT molecular complexity index is 78.7. The minimum atomic E-state index is 0.866. The predicted octanol–water partition coefficient (Wildman–Crippen LogP) is 2.17. The Morgan fingerprint density at radius 3 is 2.30 bits per heavy atom. The molecule has 2 atom stereocenters. The van der Waals surface area contributed by atoms with Gasteiger partial charge < -0.3 is 5.32 Å². The monoisotopic (exact) mass is 141 g/mol. The Hall–Kier alpha value is -0.0400. The molecular weight excluding hydrogens is 122 g/mol. The second-order valence-corrected chi connectivity index (χ2v) is 3.35. The van der Waals surface area contributed by atoms with Gasteiger partial charge in [-0.3, -0.25) is 0 Å². The maximum atomic E-state index is 3.48. The Labute approximate surface area is 64.2 Å². The SMILES string of the molecule is CCCC1CNC1CCC. The third-order valence-electron chi connectivity index (χ3n) is 2.47. The fraction of sp³-hybridized carbons (Fsp3) is 1.00. The van der Waals surface area contributed by atoms with E-state index in [1.807, 2.05) is 0 Å². The zero-order chi connectivity index (χ0) is 7.40. The minimum Gasteiger partial charge on any atom is -0.313 e. The van der Waals surface area contributed by atoms with Crippen LogP contribution in [0.3, 0.4) is 0 Å². The first kappa shape index (κ1) is 8.06. The molecule has 0 amide bonds. The summed E-state index contributed by atoms with van der Waals surface area (Å²) in [6.45, 7) is 5.82. The molecular formula is C9H19N. The lowest BCUT2D eigenvalue weighted by Crippen LogP contribution is -2.52. The first-order valence-electron chi connectivity index (χ1n) is 4.61. The van der Waals surface area contributed by atoms with Crippen molar-refractivity contribution >= 4 is 0 Å². The van der Waals surface area contributed by atoms with E-state index < -0.39 is 0 Å². The van der Waals surface area contributed by atoms with Crippen molar-refractivity contribution in [3.05, 3.63) is 0 Å². The van der Waals surface area contributed by atoms with Crippen LogP contribution in [0.25, 0.3) is 0 Å². The average Bonchev–Trinajstić information content (AvgIpc) is 1.93. The molecule has 0 spiro atoms. The van der Waals surface area contributed by atoms with Gasteiger partial charge in [0.1, 0.15) is 0 Å². The molecule has 0 bridgehead atoms. The summed E-state index contributed by atoms with van der Waals surface area (Å²) in [6, 6.07) is 0.866. The Morgan fingerprint density at radius 1 is 1.20 bits per heavy atom. The molecule has 1 nitrogen and oxygen atoms in total. The molecule has 0 saturated carbocycles. The summed E-state index contributed by atoms with van der Waals surface area (Å²) in [7, 11) is 0. The van der Waals surface area contributed by atoms with Gasteiger partial charge in [-0.25, -0.2) is 0 Å². The van der Waals surface area contributed by atoms with E-state index in [2.05, 4.69) is 19.2 Å². The lowest BCUT2D eigenvalue weighted by Gasteiger charge is -2.38. The highest BCUT2D eigenvalue weighted by atomic mass is 15.0. The zero-order valence-electron chi connectivity index (χ0n) is 7.19. The van der Waals surface area contributed by atoms with Gasteiger partial charge in [-0.15, -0.1) is 0 Å². The summed E-state index contributed by atoms with van der Waals surface area (Å²) in [5, 5.41) is 3.48. The van der Waals surface area contributed by atoms with E-state index >= 15 is 0 Å². The van der Waals surface area contributed by atoms with Crippen molar-refractivity contribution in [2.75, 3.05) is 6.54 Å². The summed E-state index contributed by atoms with van der Waals surface area (Å²) >= 11 is 0. The molecule has 1 aliphatic heterocycles. The average molecular weight is 141 g/mol. The molecule has 1 aliphatic rings. The summed E-state index contributed by atoms with van der Waals surface area (Å²) in [6.07, 6.45) is 5.49. The molecule has 0 aromatic carbocycles. The summed E-state index contributed by atoms with van der Waals surface area (Å²) in [4.78, 5) is 0. The molecule has 1 rings (SSSR count). The van der Waals surface area contributed by atoms with E-state index in [9.17, 15) is 0 Å². The first-order chi connectivity index (χ1) is 4.88. The van der Waals surface area contributed by atoms with Gasteiger partial charge in [0.05, 0.1) is 0 Å². The van der Waals surface area contributed by atoms with Crippen LogP contribution in [0.1, 0.15) is 39.5 Å². The Morgan fingerprint density at radius 2 is 1.90 bits per heavy atom. The van der Waals surface area contributed by atoms with Crippen molar-refractivity contribution in [2.24, 2.45) is 5.92 Å². The van der Waals surface area contributed by atoms with Crippen LogP contribution in [0, 0.1) is 5.92 Å². The number of hydrogen-bond acceptors (Lipinski definition) is 1. The zero-order valence-corrected chi connectivity index (χ0v) is 7.19. The fourth-order valence-corrected chi connectivity index (χ4v) is 1.77. The van der Waals surface area contributed by atoms with Crippen molar-refractivity contribution in [1.29, 1.82) is 0 Å². The van der Waals surface area contributed by atoms with E-state index in [0.29, 0.717) is 0 Å². The molecule has 0 aliphatic carbocycles. The van der Waals surface area contributed by atoms with E-state index in [-0.39, 0.29) is 0 Å². The lowest BCUT2D eigenvalue weighted by atomic mass is 9.85. The van der Waals surface area contributed by atoms with Gasteiger partial charge in [-0.05, 0) is 25.3 Å². The Kier molecular flexibility index (Phi) is 3.20. The third kappa shape index (κ3) is 1.72. The van der Waals surface area contributed by atoms with E-state index in [1.165, 1.54) is 32.2 Å². The van der Waals surface area contributed by atoms with Gasteiger partial charge in [0, 0.05) is 6.04 Å². The second kappa shape index (κ2) is 3.97. The molecule has 1 N–H and O–H groups in total. The molecule has 0 aromatic rings. The molecule has 60 valence electrons. The molecule has 0 aromatic heterocycles. The van der Waals surface area contributed by atoms with E-state index in [0.717, 1.165) is 12.0 Å². The second-order valence-electron chi connectivity index (χ2n) is 3.35. The van der Waals surface area contributed by atoms with Crippen molar-refractivity contribution < 1.29 is 0 Å². The third-order valence-corrected chi connectivity index (χ3v) is 2.47. The van der Waals surface area contributed by atoms with Gasteiger partial charge in [0.2, 0.25) is 0 Å². The van der Waals surface area contributed by atoms with E-state index in [1.54, 1.807) is 0 Å². The van der Waals surface area contributed by atoms with Gasteiger partial charge in [-0.1, -0.05) is 26.7 Å². The van der Waals surface area contributed by atoms with Crippen LogP contribution in [0.4, 0.5) is 0 Å². The lowest BCUT2D eigenvalue weighted by molar-refractivity contribution is 0.204. The highest BCUT2D eigenvalue weighted by Gasteiger charge is 2.27. The summed E-state index contributed by atoms with van der Waals surface area (Å²) in [5.41, 5.74) is 0. The van der Waals surface area contributed by atoms with Crippen LogP contribution in [-0.4, -0.2) is 12.6 Å². The number of rotatable bonds is 4. The van der Waals surface area contributed by atoms with Gasteiger partial charge in [0.25, 0.3) is 0 Å². The quantitative estimate of drug-likeness (QED) is 0.632. The van der Waals surface area contributed by atoms with Crippen molar-refractivity contribution in [3.8, 4) is 0 Å². The van der Waals surface area contributed by atoms with Crippen LogP contribution in [0.15, 0.2) is 0 Å². The first-order valence-corrected chi connectivity index (χ1v) is 4.61. The number of nitrogens with one attached hydrogen (secondary N) is 1. The fourth-order valence-electron chi connectivity index (χ4n) is 1.77. The minimum absolute atomic E-state index is 0.866. The largest absolute Gasteiger partial charge is 0.313 e. The smallest absolute Gasteiger partial charge is 0.0107 e. The molecule has 1 heteroatoms. The molecule has 0 radical (unpaired) electrons. The van der Waals surface area contributed by atoms with E-state index in [4.69, 9.17) is 0 Å². The van der Waals surface area contributed by atoms with Crippen LogP contribution < -0.4 is 5.32 Å². The predicted molar refractivity (Wildman–Crippen MR) is 45.1 cm³/mol. The van der Waals surface area contributed by atoms with Crippen LogP contribution in [0.2, 0.25) is 0 Å². The van der Waals surface area contributed by atoms with Crippen LogP contribution in [0.5, 0.6) is 0 Å². The highest BCUT2D eigenvalue weighted by Crippen LogP contribution is 2.22. The van der Waals surface area contributed by atoms with Crippen molar-refractivity contribution in [2.45, 2.75) is 45.6 Å². The van der Waals surface area contributed by atoms with Crippen molar-refractivity contribution in [3.63, 3.8) is 0 Å². The van der Waals surface area contributed by atoms with Gasteiger partial charge in [-0.2, -0.15) is 0 Å². The molecule has 1 fully saturated rings. The topological polar surface area (TPSA) is 12.0 Å². The Balaban J connectivity index is 2.09. The van der Waals surface area contributed by atoms with Gasteiger partial charge in [0.15, 0.2) is 0 Å². The van der Waals surface area contributed by atoms with Crippen molar-refractivity contribution in [1.82, 2.24) is 5.32 Å². The normalized spacial score (nSPS) is 31.8. The summed E-state index contributed by atoms with van der Waals surface area (Å²) in [5.74, 6) is 1.00. The molecule has 1 saturated heterocycles. The van der Waals surface area contributed by atoms with Gasteiger partial charge >= 0.3 is 0 Å². The standard InChI is InChI=1S/C9H19N/c1-3-5-8-7-10-9(8)6-4-2/h8-10H,3-7H2,1-2H3. The number of hydrogen-bond donors (Lipinski definition) is 1. The molecule has 2 unspecified atom stereocenters. The molecule has 1 heterocycles. The van der Waals surface area contributed by atoms with Crippen LogP contribution in [-0.2, 0) is 0 Å². The highest BCUT2D eigenvalue weighted by molar-refractivity contribution is 4.86.